The molecule has 0 aromatic heterocycles. The van der Waals surface area contributed by atoms with Crippen LogP contribution in [0, 0.1) is 0 Å². The smallest absolute Gasteiger partial charge is 0.172 e. The number of benzene rings is 2. The molecule has 3 aromatic carbocycles. The van der Waals surface area contributed by atoms with Gasteiger partial charge in [-0.15, -0.1) is 11.5 Å². The first-order chi connectivity index (χ1) is 10.3. The van der Waals surface area contributed by atoms with Crippen LogP contribution in [0.1, 0.15) is 0 Å². The Morgan fingerprint density at radius 1 is 0.619 bits per heavy atom. The molecule has 0 aliphatic carbocycles. The molecular formula is C17H15O3V-. The van der Waals surface area contributed by atoms with Crippen LogP contribution in [-0.2, 0) is 21.0 Å². The monoisotopic (exact) mass is 318 g/mol. The van der Waals surface area contributed by atoms with E-state index in [2.05, 4.69) is 0 Å². The summed E-state index contributed by atoms with van der Waals surface area (Å²) in [7, 11) is 0. The van der Waals surface area contributed by atoms with Crippen LogP contribution in [0.2, 0.25) is 0 Å². The molecule has 107 valence electrons. The van der Waals surface area contributed by atoms with Crippen molar-refractivity contribution in [2.24, 2.45) is 0 Å². The second kappa shape index (κ2) is 14.2. The summed E-state index contributed by atoms with van der Waals surface area (Å²) in [6.45, 7) is 0. The van der Waals surface area contributed by atoms with Crippen LogP contribution in [0.3, 0.4) is 0 Å². The molecule has 0 heterocycles. The molecular weight excluding hydrogens is 303 g/mol. The molecule has 21 heavy (non-hydrogen) atoms. The van der Waals surface area contributed by atoms with Gasteiger partial charge in [0.15, 0.2) is 0 Å². The Kier molecular flexibility index (Phi) is 12.7. The summed E-state index contributed by atoms with van der Waals surface area (Å²) in [5.41, 5.74) is 0. The van der Waals surface area contributed by atoms with Gasteiger partial charge in [0.1, 0.15) is 0 Å². The van der Waals surface area contributed by atoms with Gasteiger partial charge in [-0.1, -0.05) is 60.7 Å². The zero-order valence-corrected chi connectivity index (χ0v) is 12.7. The van der Waals surface area contributed by atoms with E-state index in [9.17, 15) is 10.2 Å². The van der Waals surface area contributed by atoms with E-state index >= 15 is 0 Å². The molecule has 0 bridgehead atoms. The Bertz CT molecular complexity index is 470. The van der Waals surface area contributed by atoms with Crippen LogP contribution in [0.15, 0.2) is 91.0 Å². The van der Waals surface area contributed by atoms with E-state index in [1.54, 1.807) is 24.3 Å². The van der Waals surface area contributed by atoms with Gasteiger partial charge in [-0.2, -0.15) is 18.2 Å². The molecule has 4 heteroatoms. The Balaban J connectivity index is 0.000000273. The number of hydrogen-bond donors (Lipinski definition) is 0. The normalized spacial score (nSPS) is 7.90. The molecule has 3 rings (SSSR count). The third-order valence-electron chi connectivity index (χ3n) is 2.04. The van der Waals surface area contributed by atoms with Gasteiger partial charge in [0, 0.05) is 0 Å². The molecule has 0 unspecified atom stereocenters. The average Bonchev–Trinajstić information content (AvgIpc) is 3.11. The fraction of sp³-hybridized carbons (Fsp3) is 0. The summed E-state index contributed by atoms with van der Waals surface area (Å²) >= 11 is 1.06. The molecule has 0 saturated heterocycles. The van der Waals surface area contributed by atoms with Crippen molar-refractivity contribution in [2.45, 2.75) is 0 Å². The number of para-hydroxylation sites is 2. The quantitative estimate of drug-likeness (QED) is 0.599. The molecule has 0 spiro atoms. The molecule has 0 atom stereocenters. The zero-order valence-electron chi connectivity index (χ0n) is 11.3. The van der Waals surface area contributed by atoms with E-state index < -0.39 is 0 Å². The Hall–Kier alpha value is -2.23. The van der Waals surface area contributed by atoms with Gasteiger partial charge in [-0.05, 0) is 0 Å². The van der Waals surface area contributed by atoms with Gasteiger partial charge >= 0.3 is 21.0 Å². The maximum Gasteiger partial charge on any atom is -0.172 e. The van der Waals surface area contributed by atoms with Gasteiger partial charge in [0.25, 0.3) is 0 Å². The van der Waals surface area contributed by atoms with Gasteiger partial charge in [-0.3, -0.25) is 0 Å². The van der Waals surface area contributed by atoms with Crippen LogP contribution >= 0.6 is 0 Å². The second-order valence-corrected chi connectivity index (χ2v) is 3.59. The SMILES string of the molecule is [O-]c1ccccc1.[O-]c1ccccc1.[O]=[V+2].c1cc[cH-]c1. The summed E-state index contributed by atoms with van der Waals surface area (Å²) in [5, 5.41) is 20.5. The maximum absolute atomic E-state index is 10.3. The van der Waals surface area contributed by atoms with Crippen molar-refractivity contribution in [3.05, 3.63) is 91.0 Å². The fourth-order valence-corrected chi connectivity index (χ4v) is 1.16. The van der Waals surface area contributed by atoms with E-state index in [-0.39, 0.29) is 11.5 Å². The zero-order chi connectivity index (χ0) is 15.8. The van der Waals surface area contributed by atoms with E-state index in [4.69, 9.17) is 3.67 Å². The van der Waals surface area contributed by atoms with Gasteiger partial charge in [0.2, 0.25) is 0 Å². The van der Waals surface area contributed by atoms with Crippen LogP contribution in [0.25, 0.3) is 0 Å². The first-order valence-electron chi connectivity index (χ1n) is 6.08. The topological polar surface area (TPSA) is 63.2 Å². The minimum atomic E-state index is 0.0718. The summed E-state index contributed by atoms with van der Waals surface area (Å²) in [6.07, 6.45) is 0. The van der Waals surface area contributed by atoms with E-state index in [1.807, 2.05) is 42.5 Å². The summed E-state index contributed by atoms with van der Waals surface area (Å²) < 4.78 is 8.19. The predicted molar refractivity (Wildman–Crippen MR) is 74.5 cm³/mol. The van der Waals surface area contributed by atoms with Gasteiger partial charge in [-0.25, -0.2) is 12.1 Å². The van der Waals surface area contributed by atoms with E-state index in [1.165, 1.54) is 24.3 Å². The van der Waals surface area contributed by atoms with Crippen LogP contribution in [0.4, 0.5) is 0 Å². The molecule has 0 aliphatic heterocycles. The first-order valence-corrected chi connectivity index (χ1v) is 6.65. The van der Waals surface area contributed by atoms with Crippen molar-refractivity contribution >= 4 is 0 Å². The first kappa shape index (κ1) is 18.8. The number of rotatable bonds is 0. The van der Waals surface area contributed by atoms with E-state index in [0.29, 0.717) is 0 Å². The molecule has 0 radical (unpaired) electrons. The fourth-order valence-electron chi connectivity index (χ4n) is 1.16. The van der Waals surface area contributed by atoms with Crippen LogP contribution in [0.5, 0.6) is 11.5 Å². The third-order valence-corrected chi connectivity index (χ3v) is 2.04. The molecule has 0 fully saturated rings. The molecule has 0 saturated carbocycles. The number of hydrogen-bond acceptors (Lipinski definition) is 3. The van der Waals surface area contributed by atoms with Crippen molar-refractivity contribution in [3.63, 3.8) is 0 Å². The largest absolute Gasteiger partial charge is 0.214 e. The van der Waals surface area contributed by atoms with Crippen molar-refractivity contribution in [3.8, 4) is 11.5 Å². The van der Waals surface area contributed by atoms with Gasteiger partial charge < -0.3 is 10.2 Å². The van der Waals surface area contributed by atoms with Crippen LogP contribution < -0.4 is 10.2 Å². The van der Waals surface area contributed by atoms with Crippen molar-refractivity contribution in [2.75, 3.05) is 0 Å². The average molecular weight is 318 g/mol. The third kappa shape index (κ3) is 12.5. The predicted octanol–water partition coefficient (Wildman–Crippen LogP) is 2.80. The summed E-state index contributed by atoms with van der Waals surface area (Å²) in [4.78, 5) is 0. The standard InChI is InChI=1S/2C6H6O.C5H5.O.V/c2*7-6-4-2-1-3-5-6;1-2-4-5-3-1;;/h2*1-5,7H;1-5H;;/q;;-1;;+2/p-2. The van der Waals surface area contributed by atoms with Crippen molar-refractivity contribution in [1.82, 2.24) is 0 Å². The van der Waals surface area contributed by atoms with Crippen molar-refractivity contribution < 1.29 is 31.3 Å². The van der Waals surface area contributed by atoms with E-state index in [0.717, 1.165) is 17.4 Å². The summed E-state index contributed by atoms with van der Waals surface area (Å²) in [6, 6.07) is 26.7. The molecule has 0 N–H and O–H groups in total. The summed E-state index contributed by atoms with van der Waals surface area (Å²) in [5.74, 6) is 0.144. The van der Waals surface area contributed by atoms with Gasteiger partial charge in [0.05, 0.1) is 0 Å². The molecule has 3 aromatic rings. The molecule has 3 nitrogen and oxygen atoms in total. The minimum Gasteiger partial charge on any atom is -0.214 e. The molecule has 0 amide bonds. The second-order valence-electron chi connectivity index (χ2n) is 3.59. The Labute approximate surface area is 134 Å². The Morgan fingerprint density at radius 3 is 1.10 bits per heavy atom. The maximum atomic E-state index is 10.3. The minimum absolute atomic E-state index is 0.0718. The molecule has 0 aliphatic rings. The Morgan fingerprint density at radius 2 is 0.952 bits per heavy atom. The van der Waals surface area contributed by atoms with Crippen LogP contribution in [-0.4, -0.2) is 0 Å². The van der Waals surface area contributed by atoms with Crippen molar-refractivity contribution in [1.29, 1.82) is 0 Å².